The summed E-state index contributed by atoms with van der Waals surface area (Å²) in [5, 5.41) is 3.09. The summed E-state index contributed by atoms with van der Waals surface area (Å²) in [6, 6.07) is 1.32. The van der Waals surface area contributed by atoms with Crippen molar-refractivity contribution in [3.8, 4) is 0 Å². The van der Waals surface area contributed by atoms with Crippen LogP contribution in [-0.2, 0) is 24.2 Å². The van der Waals surface area contributed by atoms with Crippen molar-refractivity contribution < 1.29 is 27.4 Å². The first-order chi connectivity index (χ1) is 13.0. The lowest BCUT2D eigenvalue weighted by atomic mass is 10.2. The largest absolute Gasteiger partial charge is 0.465 e. The number of sulfonamides is 1. The molecule has 150 valence electrons. The molecule has 2 aliphatic heterocycles. The fraction of sp³-hybridized carbons (Fsp3) is 0.647. The van der Waals surface area contributed by atoms with Crippen molar-refractivity contribution in [2.45, 2.75) is 30.3 Å². The topological polar surface area (TPSA) is 107 Å². The molecule has 27 heavy (non-hydrogen) atoms. The molecule has 0 saturated carbocycles. The van der Waals surface area contributed by atoms with Crippen molar-refractivity contribution in [2.24, 2.45) is 0 Å². The number of nitrogens with one attached hydrogen (secondary N) is 1. The van der Waals surface area contributed by atoms with Gasteiger partial charge >= 0.3 is 5.97 Å². The van der Waals surface area contributed by atoms with Crippen LogP contribution in [0.1, 0.15) is 29.6 Å². The number of rotatable bonds is 7. The predicted octanol–water partition coefficient (Wildman–Crippen LogP) is 0.870. The molecule has 3 heterocycles. The number of carbonyl (C=O) groups excluding carboxylic acids is 1. The molecule has 1 unspecified atom stereocenters. The highest BCUT2D eigenvalue weighted by Gasteiger charge is 2.30. The molecule has 2 aliphatic rings. The number of pyridine rings is 1. The zero-order valence-electron chi connectivity index (χ0n) is 15.3. The number of esters is 1. The van der Waals surface area contributed by atoms with E-state index in [1.165, 1.54) is 23.7 Å². The van der Waals surface area contributed by atoms with Gasteiger partial charge in [-0.2, -0.15) is 4.31 Å². The SMILES string of the molecule is COC(=O)c1cnc(NCCC2CCCO2)c(S(=O)(=O)N2CCOCC2)c1. The summed E-state index contributed by atoms with van der Waals surface area (Å²) in [5.41, 5.74) is 0.0917. The minimum Gasteiger partial charge on any atom is -0.465 e. The second kappa shape index (κ2) is 8.96. The third kappa shape index (κ3) is 4.75. The normalized spacial score (nSPS) is 21.1. The van der Waals surface area contributed by atoms with Crippen molar-refractivity contribution in [1.82, 2.24) is 9.29 Å². The fourth-order valence-electron chi connectivity index (χ4n) is 3.15. The van der Waals surface area contributed by atoms with Gasteiger partial charge in [0.25, 0.3) is 0 Å². The molecular formula is C17H25N3O6S. The number of carbonyl (C=O) groups is 1. The van der Waals surface area contributed by atoms with Gasteiger partial charge in [0.05, 0.1) is 32.0 Å². The molecule has 0 aromatic carbocycles. The van der Waals surface area contributed by atoms with Crippen LogP contribution in [0.2, 0.25) is 0 Å². The van der Waals surface area contributed by atoms with E-state index in [-0.39, 0.29) is 35.5 Å². The molecular weight excluding hydrogens is 374 g/mol. The van der Waals surface area contributed by atoms with Crippen LogP contribution in [0.3, 0.4) is 0 Å². The number of anilines is 1. The number of ether oxygens (including phenoxy) is 3. The fourth-order valence-corrected chi connectivity index (χ4v) is 4.71. The van der Waals surface area contributed by atoms with Crippen molar-refractivity contribution >= 4 is 21.8 Å². The lowest BCUT2D eigenvalue weighted by Crippen LogP contribution is -2.41. The molecule has 9 nitrogen and oxygen atoms in total. The van der Waals surface area contributed by atoms with Crippen LogP contribution in [0.4, 0.5) is 5.82 Å². The zero-order valence-corrected chi connectivity index (χ0v) is 16.2. The Morgan fingerprint density at radius 3 is 2.81 bits per heavy atom. The average Bonchev–Trinajstić information content (AvgIpc) is 3.21. The molecule has 0 spiro atoms. The Balaban J connectivity index is 1.83. The number of methoxy groups -OCH3 is 1. The van der Waals surface area contributed by atoms with Gasteiger partial charge in [0.2, 0.25) is 10.0 Å². The van der Waals surface area contributed by atoms with Crippen LogP contribution in [0.5, 0.6) is 0 Å². The summed E-state index contributed by atoms with van der Waals surface area (Å²) in [7, 11) is -2.57. The van der Waals surface area contributed by atoms with Gasteiger partial charge in [0.1, 0.15) is 10.7 Å². The Morgan fingerprint density at radius 2 is 2.15 bits per heavy atom. The monoisotopic (exact) mass is 399 g/mol. The first kappa shape index (κ1) is 20.0. The van der Waals surface area contributed by atoms with Gasteiger partial charge in [-0.1, -0.05) is 0 Å². The maximum Gasteiger partial charge on any atom is 0.339 e. The van der Waals surface area contributed by atoms with E-state index >= 15 is 0 Å². The maximum atomic E-state index is 13.1. The standard InChI is InChI=1S/C17H25N3O6S/c1-24-17(21)13-11-15(27(22,23)20-6-9-25-10-7-20)16(19-12-13)18-5-4-14-3-2-8-26-14/h11-12,14H,2-10H2,1H3,(H,18,19). The van der Waals surface area contributed by atoms with E-state index in [0.29, 0.717) is 19.8 Å². The van der Waals surface area contributed by atoms with Crippen LogP contribution in [0.15, 0.2) is 17.2 Å². The van der Waals surface area contributed by atoms with Crippen molar-refractivity contribution in [2.75, 3.05) is 51.9 Å². The summed E-state index contributed by atoms with van der Waals surface area (Å²) < 4.78 is 43.1. The van der Waals surface area contributed by atoms with Gasteiger partial charge in [-0.15, -0.1) is 0 Å². The molecule has 3 rings (SSSR count). The van der Waals surface area contributed by atoms with Gasteiger partial charge in [-0.05, 0) is 25.3 Å². The Kier molecular flexibility index (Phi) is 6.64. The molecule has 0 aliphatic carbocycles. The number of hydrogen-bond acceptors (Lipinski definition) is 8. The molecule has 1 aromatic heterocycles. The Bertz CT molecular complexity index is 758. The van der Waals surface area contributed by atoms with E-state index in [0.717, 1.165) is 25.9 Å². The van der Waals surface area contributed by atoms with Gasteiger partial charge in [-0.3, -0.25) is 0 Å². The molecule has 1 aromatic rings. The van der Waals surface area contributed by atoms with E-state index in [2.05, 4.69) is 10.3 Å². The second-order valence-electron chi connectivity index (χ2n) is 6.43. The Labute approximate surface area is 159 Å². The number of nitrogens with zero attached hydrogens (tertiary/aromatic N) is 2. The first-order valence-electron chi connectivity index (χ1n) is 9.04. The highest BCUT2D eigenvalue weighted by Crippen LogP contribution is 2.25. The van der Waals surface area contributed by atoms with E-state index in [9.17, 15) is 13.2 Å². The highest BCUT2D eigenvalue weighted by molar-refractivity contribution is 7.89. The molecule has 2 saturated heterocycles. The van der Waals surface area contributed by atoms with Gasteiger partial charge < -0.3 is 19.5 Å². The van der Waals surface area contributed by atoms with E-state index in [1.54, 1.807) is 0 Å². The van der Waals surface area contributed by atoms with Crippen LogP contribution in [0.25, 0.3) is 0 Å². The van der Waals surface area contributed by atoms with Crippen LogP contribution < -0.4 is 5.32 Å². The summed E-state index contributed by atoms with van der Waals surface area (Å²) in [6.07, 6.45) is 4.32. The molecule has 2 fully saturated rings. The van der Waals surface area contributed by atoms with Crippen molar-refractivity contribution in [3.05, 3.63) is 17.8 Å². The minimum atomic E-state index is -3.82. The lowest BCUT2D eigenvalue weighted by Gasteiger charge is -2.27. The average molecular weight is 399 g/mol. The Morgan fingerprint density at radius 1 is 1.37 bits per heavy atom. The molecule has 1 N–H and O–H groups in total. The van der Waals surface area contributed by atoms with Crippen LogP contribution in [-0.4, -0.2) is 76.3 Å². The molecule has 1 atom stereocenters. The smallest absolute Gasteiger partial charge is 0.339 e. The van der Waals surface area contributed by atoms with E-state index in [4.69, 9.17) is 14.2 Å². The van der Waals surface area contributed by atoms with Gasteiger partial charge in [0, 0.05) is 32.4 Å². The predicted molar refractivity (Wildman–Crippen MR) is 97.2 cm³/mol. The highest BCUT2D eigenvalue weighted by atomic mass is 32.2. The second-order valence-corrected chi connectivity index (χ2v) is 8.34. The molecule has 10 heteroatoms. The minimum absolute atomic E-state index is 0.0281. The third-order valence-corrected chi connectivity index (χ3v) is 6.56. The van der Waals surface area contributed by atoms with E-state index in [1.807, 2.05) is 0 Å². The number of aromatic nitrogens is 1. The number of morpholine rings is 1. The van der Waals surface area contributed by atoms with Crippen molar-refractivity contribution in [3.63, 3.8) is 0 Å². The van der Waals surface area contributed by atoms with Gasteiger partial charge in [0.15, 0.2) is 0 Å². The van der Waals surface area contributed by atoms with Crippen molar-refractivity contribution in [1.29, 1.82) is 0 Å². The summed E-state index contributed by atoms with van der Waals surface area (Å²) in [4.78, 5) is 16.0. The van der Waals surface area contributed by atoms with Gasteiger partial charge in [-0.25, -0.2) is 18.2 Å². The zero-order chi connectivity index (χ0) is 19.3. The summed E-state index contributed by atoms with van der Waals surface area (Å²) >= 11 is 0. The summed E-state index contributed by atoms with van der Waals surface area (Å²) in [6.45, 7) is 2.50. The molecule has 0 amide bonds. The lowest BCUT2D eigenvalue weighted by molar-refractivity contribution is 0.0600. The van der Waals surface area contributed by atoms with Crippen LogP contribution in [0, 0.1) is 0 Å². The van der Waals surface area contributed by atoms with E-state index < -0.39 is 16.0 Å². The number of hydrogen-bond donors (Lipinski definition) is 1. The summed E-state index contributed by atoms with van der Waals surface area (Å²) in [5.74, 6) is -0.404. The third-order valence-electron chi connectivity index (χ3n) is 4.64. The maximum absolute atomic E-state index is 13.1. The quantitative estimate of drug-likeness (QED) is 0.673. The molecule has 0 bridgehead atoms. The first-order valence-corrected chi connectivity index (χ1v) is 10.5. The van der Waals surface area contributed by atoms with Crippen LogP contribution >= 0.6 is 0 Å². The Hall–Kier alpha value is -1.75. The molecule has 0 radical (unpaired) electrons.